The molecule has 2 rings (SSSR count). The van der Waals surface area contributed by atoms with Crippen LogP contribution in [0.4, 0.5) is 5.69 Å². The van der Waals surface area contributed by atoms with Crippen LogP contribution in [0.15, 0.2) is 29.2 Å². The highest BCUT2D eigenvalue weighted by Gasteiger charge is 2.29. The summed E-state index contributed by atoms with van der Waals surface area (Å²) in [7, 11) is -2.15. The molecule has 138 valence electrons. The second-order valence-electron chi connectivity index (χ2n) is 6.14. The number of nitrogens with zero attached hydrogens (tertiary/aromatic N) is 1. The molecule has 3 N–H and O–H groups in total. The molecule has 1 heterocycles. The number of rotatable bonds is 6. The van der Waals surface area contributed by atoms with Gasteiger partial charge in [0.05, 0.1) is 10.9 Å². The van der Waals surface area contributed by atoms with Gasteiger partial charge in [-0.3, -0.25) is 9.59 Å². The molecule has 8 nitrogen and oxygen atoms in total. The van der Waals surface area contributed by atoms with Crippen LogP contribution in [-0.2, 0) is 19.6 Å². The van der Waals surface area contributed by atoms with Gasteiger partial charge in [0.1, 0.15) is 0 Å². The van der Waals surface area contributed by atoms with Crippen LogP contribution >= 0.6 is 0 Å². The number of sulfonamides is 1. The molecule has 1 saturated heterocycles. The zero-order valence-corrected chi connectivity index (χ0v) is 15.4. The first kappa shape index (κ1) is 19.4. The molecule has 0 bridgehead atoms. The zero-order chi connectivity index (χ0) is 18.6. The molecular weight excluding hydrogens is 344 g/mol. The van der Waals surface area contributed by atoms with Crippen LogP contribution in [0.3, 0.4) is 0 Å². The summed E-state index contributed by atoms with van der Waals surface area (Å²) in [4.78, 5) is 25.1. The number of anilines is 1. The molecule has 1 aromatic rings. The van der Waals surface area contributed by atoms with Crippen LogP contribution in [0.5, 0.6) is 0 Å². The van der Waals surface area contributed by atoms with E-state index in [4.69, 9.17) is 0 Å². The van der Waals surface area contributed by atoms with Crippen molar-refractivity contribution in [2.75, 3.05) is 25.5 Å². The van der Waals surface area contributed by atoms with Crippen molar-refractivity contribution in [3.8, 4) is 0 Å². The predicted octanol–water partition coefficient (Wildman–Crippen LogP) is 0.132. The Morgan fingerprint density at radius 3 is 2.44 bits per heavy atom. The molecule has 1 aromatic carbocycles. The molecular formula is C16H24N4O4S. The summed E-state index contributed by atoms with van der Waals surface area (Å²) in [5.74, 6) is -0.510. The van der Waals surface area contributed by atoms with Gasteiger partial charge < -0.3 is 15.5 Å². The third kappa shape index (κ3) is 5.00. The van der Waals surface area contributed by atoms with E-state index in [1.54, 1.807) is 11.9 Å². The lowest BCUT2D eigenvalue weighted by molar-refractivity contribution is -0.133. The first-order valence-corrected chi connectivity index (χ1v) is 9.56. The average molecular weight is 368 g/mol. The molecule has 25 heavy (non-hydrogen) atoms. The maximum Gasteiger partial charge on any atom is 0.241 e. The molecule has 0 aromatic heterocycles. The van der Waals surface area contributed by atoms with Crippen LogP contribution in [0.1, 0.15) is 20.3 Å². The number of hydrogen-bond acceptors (Lipinski definition) is 5. The van der Waals surface area contributed by atoms with Gasteiger partial charge in [0, 0.05) is 32.2 Å². The summed E-state index contributed by atoms with van der Waals surface area (Å²) in [6.07, 6.45) is 0.853. The lowest BCUT2D eigenvalue weighted by Gasteiger charge is -2.27. The van der Waals surface area contributed by atoms with Crippen LogP contribution in [0.25, 0.3) is 0 Å². The maximum absolute atomic E-state index is 12.4. The first-order valence-electron chi connectivity index (χ1n) is 8.08. The summed E-state index contributed by atoms with van der Waals surface area (Å²) >= 11 is 0. The van der Waals surface area contributed by atoms with Gasteiger partial charge in [-0.25, -0.2) is 8.42 Å². The zero-order valence-electron chi connectivity index (χ0n) is 14.6. The lowest BCUT2D eigenvalue weighted by Crippen LogP contribution is -2.49. The molecule has 9 heteroatoms. The molecule has 0 aliphatic carbocycles. The summed E-state index contributed by atoms with van der Waals surface area (Å²) in [5.41, 5.74) is 0.504. The Labute approximate surface area is 148 Å². The fraction of sp³-hybridized carbons (Fsp3) is 0.500. The van der Waals surface area contributed by atoms with Gasteiger partial charge in [-0.15, -0.1) is 0 Å². The monoisotopic (exact) mass is 368 g/mol. The fourth-order valence-corrected chi connectivity index (χ4v) is 3.92. The summed E-state index contributed by atoms with van der Waals surface area (Å²) < 4.78 is 27.3. The molecule has 0 spiro atoms. The van der Waals surface area contributed by atoms with E-state index in [0.29, 0.717) is 12.2 Å². The molecule has 2 unspecified atom stereocenters. The topological polar surface area (TPSA) is 108 Å². The number of carbonyl (C=O) groups excluding carboxylic acids is 2. The highest BCUT2D eigenvalue weighted by molar-refractivity contribution is 7.89. The Bertz CT molecular complexity index is 727. The van der Waals surface area contributed by atoms with Crippen LogP contribution in [-0.4, -0.2) is 57.4 Å². The molecule has 1 fully saturated rings. The van der Waals surface area contributed by atoms with Gasteiger partial charge in [0.25, 0.3) is 0 Å². The summed E-state index contributed by atoms with van der Waals surface area (Å²) in [6.45, 7) is 4.47. The Morgan fingerprint density at radius 2 is 1.92 bits per heavy atom. The number of hydrogen-bond donors (Lipinski definition) is 3. The lowest BCUT2D eigenvalue weighted by atomic mass is 10.2. The number of amides is 2. The van der Waals surface area contributed by atoms with Gasteiger partial charge in [-0.1, -0.05) is 0 Å². The first-order chi connectivity index (χ1) is 11.7. The minimum absolute atomic E-state index is 0.0337. The minimum atomic E-state index is -3.83. The molecule has 2 amide bonds. The molecule has 0 radical (unpaired) electrons. The normalized spacial score (nSPS) is 18.6. The van der Waals surface area contributed by atoms with Crippen molar-refractivity contribution in [1.82, 2.24) is 14.9 Å². The second-order valence-corrected chi connectivity index (χ2v) is 7.86. The highest BCUT2D eigenvalue weighted by atomic mass is 32.2. The molecule has 1 aliphatic heterocycles. The quantitative estimate of drug-likeness (QED) is 0.662. The Balaban J connectivity index is 2.03. The van der Waals surface area contributed by atoms with Crippen molar-refractivity contribution < 1.29 is 18.0 Å². The third-order valence-electron chi connectivity index (χ3n) is 4.12. The number of likely N-dealkylation sites (N-methyl/N-ethyl adjacent to an activating group) is 1. The van der Waals surface area contributed by atoms with E-state index in [1.165, 1.54) is 38.1 Å². The number of benzene rings is 1. The van der Waals surface area contributed by atoms with Crippen molar-refractivity contribution in [3.63, 3.8) is 0 Å². The second kappa shape index (κ2) is 7.94. The number of carbonyl (C=O) groups is 2. The van der Waals surface area contributed by atoms with E-state index in [2.05, 4.69) is 15.4 Å². The predicted molar refractivity (Wildman–Crippen MR) is 94.6 cm³/mol. The van der Waals surface area contributed by atoms with Gasteiger partial charge in [-0.05, 0) is 44.2 Å². The minimum Gasteiger partial charge on any atom is -0.340 e. The fourth-order valence-electron chi connectivity index (χ4n) is 2.73. The summed E-state index contributed by atoms with van der Waals surface area (Å²) in [5, 5.41) is 5.75. The molecule has 1 aliphatic rings. The van der Waals surface area contributed by atoms with Crippen LogP contribution in [0.2, 0.25) is 0 Å². The smallest absolute Gasteiger partial charge is 0.241 e. The van der Waals surface area contributed by atoms with Crippen molar-refractivity contribution in [3.05, 3.63) is 24.3 Å². The van der Waals surface area contributed by atoms with Crippen molar-refractivity contribution >= 4 is 27.5 Å². The summed E-state index contributed by atoms with van der Waals surface area (Å²) in [6, 6.07) is 4.98. The van der Waals surface area contributed by atoms with Gasteiger partial charge in [0.15, 0.2) is 0 Å². The van der Waals surface area contributed by atoms with Crippen molar-refractivity contribution in [1.29, 1.82) is 0 Å². The van der Waals surface area contributed by atoms with Crippen LogP contribution in [0, 0.1) is 0 Å². The van der Waals surface area contributed by atoms with E-state index in [9.17, 15) is 18.0 Å². The average Bonchev–Trinajstić information content (AvgIpc) is 3.07. The SMILES string of the molecule is CC(=O)Nc1ccc(S(=O)(=O)NC(C)C(=O)N(C)C2CCNC2)cc1. The van der Waals surface area contributed by atoms with Gasteiger partial charge in [-0.2, -0.15) is 4.72 Å². The standard InChI is InChI=1S/C16H24N4O4S/c1-11(16(22)20(3)14-8-9-17-10-14)19-25(23,24)15-6-4-13(5-7-15)18-12(2)21/h4-7,11,14,17,19H,8-10H2,1-3H3,(H,18,21). The van der Waals surface area contributed by atoms with E-state index < -0.39 is 16.1 Å². The Morgan fingerprint density at radius 1 is 1.28 bits per heavy atom. The maximum atomic E-state index is 12.4. The van der Waals surface area contributed by atoms with Gasteiger partial charge in [0.2, 0.25) is 21.8 Å². The van der Waals surface area contributed by atoms with Crippen LogP contribution < -0.4 is 15.4 Å². The van der Waals surface area contributed by atoms with Crippen molar-refractivity contribution in [2.45, 2.75) is 37.2 Å². The van der Waals surface area contributed by atoms with E-state index in [1.807, 2.05) is 0 Å². The third-order valence-corrected chi connectivity index (χ3v) is 5.67. The van der Waals surface area contributed by atoms with E-state index in [-0.39, 0.29) is 22.8 Å². The molecule has 0 saturated carbocycles. The number of nitrogens with one attached hydrogen (secondary N) is 3. The van der Waals surface area contributed by atoms with E-state index >= 15 is 0 Å². The molecule has 2 atom stereocenters. The van der Waals surface area contributed by atoms with E-state index in [0.717, 1.165) is 13.0 Å². The largest absolute Gasteiger partial charge is 0.340 e. The Hall–Kier alpha value is -1.97. The van der Waals surface area contributed by atoms with Gasteiger partial charge >= 0.3 is 0 Å². The van der Waals surface area contributed by atoms with Crippen molar-refractivity contribution in [2.24, 2.45) is 0 Å². The highest BCUT2D eigenvalue weighted by Crippen LogP contribution is 2.15. The Kier molecular flexibility index (Phi) is 6.15.